The van der Waals surface area contributed by atoms with E-state index in [0.29, 0.717) is 19.4 Å². The van der Waals surface area contributed by atoms with Gasteiger partial charge in [-0.15, -0.1) is 0 Å². The van der Waals surface area contributed by atoms with Gasteiger partial charge >= 0.3 is 12.1 Å². The highest BCUT2D eigenvalue weighted by molar-refractivity contribution is 5.87. The normalized spacial score (nSPS) is 26.8. The highest BCUT2D eigenvalue weighted by Crippen LogP contribution is 2.36. The number of hydrogen-bond acceptors (Lipinski definition) is 5. The topological polar surface area (TPSA) is 84.9 Å². The summed E-state index contributed by atoms with van der Waals surface area (Å²) in [6.07, 6.45) is 3.30. The van der Waals surface area contributed by atoms with Gasteiger partial charge in [0.15, 0.2) is 0 Å². The number of hydrogen-bond donors (Lipinski definition) is 1. The van der Waals surface area contributed by atoms with Gasteiger partial charge in [0.05, 0.1) is 7.11 Å². The number of fused-ring (bicyclic) bond motifs is 1. The van der Waals surface area contributed by atoms with Crippen molar-refractivity contribution in [2.24, 2.45) is 5.92 Å². The smallest absolute Gasteiger partial charge is 0.407 e. The van der Waals surface area contributed by atoms with Gasteiger partial charge < -0.3 is 19.7 Å². The minimum Gasteiger partial charge on any atom is -0.467 e. The summed E-state index contributed by atoms with van der Waals surface area (Å²) in [7, 11) is 1.35. The van der Waals surface area contributed by atoms with Crippen molar-refractivity contribution >= 4 is 18.0 Å². The quantitative estimate of drug-likeness (QED) is 0.790. The van der Waals surface area contributed by atoms with Crippen molar-refractivity contribution in [2.45, 2.75) is 70.6 Å². The van der Waals surface area contributed by atoms with E-state index < -0.39 is 17.7 Å². The van der Waals surface area contributed by atoms with E-state index in [0.717, 1.165) is 19.3 Å². The maximum absolute atomic E-state index is 12.7. The van der Waals surface area contributed by atoms with E-state index in [1.54, 1.807) is 25.7 Å². The van der Waals surface area contributed by atoms with Gasteiger partial charge in [-0.3, -0.25) is 4.79 Å². The third-order valence-electron chi connectivity index (χ3n) is 4.59. The Hall–Kier alpha value is -1.79. The van der Waals surface area contributed by atoms with Crippen molar-refractivity contribution in [2.75, 3.05) is 13.7 Å². The number of ether oxygens (including phenoxy) is 2. The van der Waals surface area contributed by atoms with Crippen LogP contribution in [0.2, 0.25) is 0 Å². The molecule has 0 aromatic rings. The number of alkyl carbamates (subject to hydrolysis) is 1. The molecule has 0 saturated carbocycles. The average Bonchev–Trinajstić information content (AvgIpc) is 2.91. The average molecular weight is 340 g/mol. The monoisotopic (exact) mass is 340 g/mol. The molecule has 2 fully saturated rings. The molecule has 7 heteroatoms. The zero-order valence-electron chi connectivity index (χ0n) is 15.0. The van der Waals surface area contributed by atoms with Crippen LogP contribution in [0.1, 0.15) is 52.9 Å². The van der Waals surface area contributed by atoms with Gasteiger partial charge in [0.25, 0.3) is 0 Å². The third-order valence-corrected chi connectivity index (χ3v) is 4.59. The van der Waals surface area contributed by atoms with Crippen LogP contribution in [0.5, 0.6) is 0 Å². The maximum Gasteiger partial charge on any atom is 0.407 e. The lowest BCUT2D eigenvalue weighted by Gasteiger charge is -2.37. The molecule has 2 heterocycles. The molecule has 2 aliphatic heterocycles. The molecule has 0 spiro atoms. The third kappa shape index (κ3) is 4.39. The Bertz CT molecular complexity index is 500. The van der Waals surface area contributed by atoms with Crippen LogP contribution in [0, 0.1) is 5.92 Å². The minimum atomic E-state index is -0.540. The van der Waals surface area contributed by atoms with Crippen LogP contribution < -0.4 is 5.32 Å². The Kier molecular flexibility index (Phi) is 5.72. The Balaban J connectivity index is 1.86. The molecule has 2 saturated heterocycles. The Labute approximate surface area is 143 Å². The van der Waals surface area contributed by atoms with E-state index in [-0.39, 0.29) is 23.8 Å². The van der Waals surface area contributed by atoms with Crippen molar-refractivity contribution in [3.05, 3.63) is 0 Å². The number of nitrogens with zero attached hydrogens (tertiary/aromatic N) is 1. The van der Waals surface area contributed by atoms with Crippen LogP contribution in [0.3, 0.4) is 0 Å². The van der Waals surface area contributed by atoms with Gasteiger partial charge in [0.1, 0.15) is 11.6 Å². The molecular weight excluding hydrogens is 312 g/mol. The second kappa shape index (κ2) is 7.40. The van der Waals surface area contributed by atoms with E-state index in [4.69, 9.17) is 9.47 Å². The first kappa shape index (κ1) is 18.5. The molecule has 136 valence electrons. The fraction of sp³-hybridized carbons (Fsp3) is 0.824. The molecule has 2 aliphatic rings. The lowest BCUT2D eigenvalue weighted by molar-refractivity contribution is -0.156. The van der Waals surface area contributed by atoms with Crippen molar-refractivity contribution in [3.63, 3.8) is 0 Å². The minimum absolute atomic E-state index is 0.00476. The zero-order valence-corrected chi connectivity index (χ0v) is 15.0. The molecule has 0 bridgehead atoms. The Morgan fingerprint density at radius 2 is 1.88 bits per heavy atom. The predicted octanol–water partition coefficient (Wildman–Crippen LogP) is 1.84. The maximum atomic E-state index is 12.7. The fourth-order valence-corrected chi connectivity index (χ4v) is 3.53. The van der Waals surface area contributed by atoms with Crippen LogP contribution in [0.4, 0.5) is 4.79 Å². The summed E-state index contributed by atoms with van der Waals surface area (Å²) in [5.74, 6) is -0.495. The van der Waals surface area contributed by atoms with Gasteiger partial charge in [0.2, 0.25) is 5.91 Å². The fourth-order valence-electron chi connectivity index (χ4n) is 3.53. The lowest BCUT2D eigenvalue weighted by atomic mass is 9.90. The molecule has 0 aliphatic carbocycles. The largest absolute Gasteiger partial charge is 0.467 e. The molecule has 24 heavy (non-hydrogen) atoms. The molecule has 1 N–H and O–H groups in total. The molecule has 2 rings (SSSR count). The molecule has 0 aromatic carbocycles. The number of rotatable bonds is 4. The highest BCUT2D eigenvalue weighted by Gasteiger charge is 2.46. The summed E-state index contributed by atoms with van der Waals surface area (Å²) in [4.78, 5) is 38.0. The second-order valence-corrected chi connectivity index (χ2v) is 7.51. The van der Waals surface area contributed by atoms with Gasteiger partial charge in [-0.2, -0.15) is 0 Å². The molecule has 3 atom stereocenters. The lowest BCUT2D eigenvalue weighted by Crippen LogP contribution is -2.51. The number of nitrogens with one attached hydrogen (secondary N) is 1. The number of carbonyl (C=O) groups excluding carboxylic acids is 3. The number of carbonyl (C=O) groups is 3. The first-order valence-electron chi connectivity index (χ1n) is 8.60. The summed E-state index contributed by atoms with van der Waals surface area (Å²) in [5.41, 5.74) is -0.540. The second-order valence-electron chi connectivity index (χ2n) is 7.51. The molecule has 0 aromatic heterocycles. The molecule has 0 radical (unpaired) electrons. The molecule has 2 amide bonds. The van der Waals surface area contributed by atoms with E-state index in [1.807, 2.05) is 0 Å². The predicted molar refractivity (Wildman–Crippen MR) is 87.2 cm³/mol. The number of methoxy groups -OCH3 is 1. The van der Waals surface area contributed by atoms with Gasteiger partial charge in [-0.25, -0.2) is 9.59 Å². The summed E-state index contributed by atoms with van der Waals surface area (Å²) < 4.78 is 10.00. The van der Waals surface area contributed by atoms with E-state index in [1.165, 1.54) is 7.11 Å². The van der Waals surface area contributed by atoms with Crippen molar-refractivity contribution < 1.29 is 23.9 Å². The van der Waals surface area contributed by atoms with E-state index in [2.05, 4.69) is 5.32 Å². The summed E-state index contributed by atoms with van der Waals surface area (Å²) in [6, 6.07) is -0.300. The first-order valence-corrected chi connectivity index (χ1v) is 8.60. The van der Waals surface area contributed by atoms with Crippen molar-refractivity contribution in [3.8, 4) is 0 Å². The van der Waals surface area contributed by atoms with Crippen molar-refractivity contribution in [1.29, 1.82) is 0 Å². The van der Waals surface area contributed by atoms with Crippen LogP contribution in [0.15, 0.2) is 0 Å². The molecular formula is C17H28N2O5. The van der Waals surface area contributed by atoms with Gasteiger partial charge in [-0.1, -0.05) is 0 Å². The van der Waals surface area contributed by atoms with Crippen LogP contribution >= 0.6 is 0 Å². The molecule has 0 unspecified atom stereocenters. The van der Waals surface area contributed by atoms with E-state index in [9.17, 15) is 14.4 Å². The standard InChI is InChI=1S/C17H28N2O5/c1-17(2,3)24-16(22)18-10-9-11-5-6-12-7-8-13(15(21)23-4)19(12)14(11)20/h11-13H,5-10H2,1-4H3,(H,18,22)/t11-,12+,13+/m1/s1. The van der Waals surface area contributed by atoms with Gasteiger partial charge in [0, 0.05) is 18.5 Å². The van der Waals surface area contributed by atoms with Gasteiger partial charge in [-0.05, 0) is 52.9 Å². The zero-order chi connectivity index (χ0) is 17.9. The summed E-state index contributed by atoms with van der Waals surface area (Å²) in [6.45, 7) is 5.79. The van der Waals surface area contributed by atoms with Crippen LogP contribution in [0.25, 0.3) is 0 Å². The van der Waals surface area contributed by atoms with Crippen LogP contribution in [-0.4, -0.2) is 54.2 Å². The summed E-state index contributed by atoms with van der Waals surface area (Å²) in [5, 5.41) is 2.69. The Morgan fingerprint density at radius 1 is 1.21 bits per heavy atom. The summed E-state index contributed by atoms with van der Waals surface area (Å²) >= 11 is 0. The number of piperidine rings is 1. The van der Waals surface area contributed by atoms with E-state index >= 15 is 0 Å². The Morgan fingerprint density at radius 3 is 2.50 bits per heavy atom. The highest BCUT2D eigenvalue weighted by atomic mass is 16.6. The van der Waals surface area contributed by atoms with Crippen molar-refractivity contribution in [1.82, 2.24) is 10.2 Å². The number of esters is 1. The van der Waals surface area contributed by atoms with Crippen LogP contribution in [-0.2, 0) is 19.1 Å². The molecule has 7 nitrogen and oxygen atoms in total. The first-order chi connectivity index (χ1) is 11.2. The number of amides is 2. The SMILES string of the molecule is COC(=O)[C@@H]1CC[C@@H]2CC[C@H](CCNC(=O)OC(C)(C)C)C(=O)N21.